The molecule has 1 saturated heterocycles. The third kappa shape index (κ3) is 5.07. The minimum absolute atomic E-state index is 0.355. The van der Waals surface area contributed by atoms with Gasteiger partial charge >= 0.3 is 0 Å². The highest BCUT2D eigenvalue weighted by molar-refractivity contribution is 5.84. The molecule has 5 heterocycles. The predicted molar refractivity (Wildman–Crippen MR) is 147 cm³/mol. The molecule has 0 saturated carbocycles. The third-order valence-corrected chi connectivity index (χ3v) is 7.16. The molecule has 1 unspecified atom stereocenters. The maximum Gasteiger partial charge on any atom is 0.226 e. The van der Waals surface area contributed by atoms with Gasteiger partial charge < -0.3 is 30.1 Å². The predicted octanol–water partition coefficient (Wildman–Crippen LogP) is 2.35. The quantitative estimate of drug-likeness (QED) is 0.218. The van der Waals surface area contributed by atoms with Crippen LogP contribution in [0.2, 0.25) is 0 Å². The number of nitrogens with one attached hydrogen (secondary N) is 2. The van der Waals surface area contributed by atoms with E-state index in [9.17, 15) is 10.2 Å². The molecule has 0 radical (unpaired) electrons. The summed E-state index contributed by atoms with van der Waals surface area (Å²) in [6.07, 6.45) is 3.54. The molecule has 1 fully saturated rings. The highest BCUT2D eigenvalue weighted by atomic mass is 16.6. The molecule has 6 rings (SSSR count). The summed E-state index contributed by atoms with van der Waals surface area (Å²) in [5.74, 6) is 1.28. The number of aliphatic imine (C=N–C) groups is 1. The number of anilines is 2. The van der Waals surface area contributed by atoms with Gasteiger partial charge in [-0.05, 0) is 12.0 Å². The van der Waals surface area contributed by atoms with Crippen molar-refractivity contribution in [2.45, 2.75) is 44.4 Å². The van der Waals surface area contributed by atoms with Crippen molar-refractivity contribution in [2.24, 2.45) is 4.99 Å². The Balaban J connectivity index is 1.30. The topological polar surface area (TPSA) is 156 Å². The first-order valence-corrected chi connectivity index (χ1v) is 13.2. The third-order valence-electron chi connectivity index (χ3n) is 7.16. The maximum absolute atomic E-state index is 11.0. The van der Waals surface area contributed by atoms with Crippen molar-refractivity contribution in [3.63, 3.8) is 0 Å². The summed E-state index contributed by atoms with van der Waals surface area (Å²) in [5.41, 5.74) is 2.78. The van der Waals surface area contributed by atoms with E-state index in [0.29, 0.717) is 52.7 Å². The Labute approximate surface area is 230 Å². The van der Waals surface area contributed by atoms with Crippen LogP contribution in [0.5, 0.6) is 0 Å². The number of quaternary nitrogens is 1. The summed E-state index contributed by atoms with van der Waals surface area (Å²) in [7, 11) is 2.05. The van der Waals surface area contributed by atoms with Crippen LogP contribution in [0.15, 0.2) is 64.6 Å². The Morgan fingerprint density at radius 3 is 2.70 bits per heavy atom. The lowest BCUT2D eigenvalue weighted by molar-refractivity contribution is -0.754. The molecular weight excluding hydrogens is 514 g/mol. The minimum atomic E-state index is -1.25. The highest BCUT2D eigenvalue weighted by Crippen LogP contribution is 2.40. The Morgan fingerprint density at radius 1 is 1.10 bits per heavy atom. The SMILES string of the molecule is CCc1cc([C@H]2O[C@@H](n3cnc4c(NCc5ccccc5)nc(NCC[N+]5(C)C=CN=C5)nc43)[C@H](O)[C@@H]2O)on1. The van der Waals surface area contributed by atoms with Gasteiger partial charge in [0, 0.05) is 12.6 Å². The molecule has 0 aliphatic carbocycles. The van der Waals surface area contributed by atoms with Gasteiger partial charge in [-0.15, -0.1) is 0 Å². The number of hydrogen-bond acceptors (Lipinski definition) is 11. The molecule has 4 N–H and O–H groups in total. The number of aromatic nitrogens is 5. The number of hydrogen-bond donors (Lipinski definition) is 4. The van der Waals surface area contributed by atoms with Gasteiger partial charge in [-0.3, -0.25) is 9.05 Å². The number of aryl methyl sites for hydroxylation is 1. The fourth-order valence-corrected chi connectivity index (χ4v) is 4.80. The maximum atomic E-state index is 11.0. The van der Waals surface area contributed by atoms with Gasteiger partial charge in [0.1, 0.15) is 31.1 Å². The van der Waals surface area contributed by atoms with E-state index in [1.54, 1.807) is 16.8 Å². The monoisotopic (exact) mass is 546 g/mol. The lowest BCUT2D eigenvalue weighted by Crippen LogP contribution is -2.39. The standard InChI is InChI=1S/C27H32N9O4/c1-3-18-13-19(40-34-18)23-21(37)22(38)26(39-23)35-15-31-20-24(30-14-17-7-5-4-6-8-17)32-27(33-25(20)35)29-10-12-36(2)11-9-28-16-36/h4-9,11,13,15-16,21-23,26,37-38H,3,10,12,14H2,1-2H3,(H2,29,30,32,33)/q+1/t21-,22+,23+,26+,36?/m0/s1. The molecule has 2 aliphatic heterocycles. The first kappa shape index (κ1) is 26.1. The summed E-state index contributed by atoms with van der Waals surface area (Å²) in [5, 5.41) is 32.5. The molecule has 5 atom stereocenters. The van der Waals surface area contributed by atoms with Crippen LogP contribution in [0.3, 0.4) is 0 Å². The number of aliphatic hydroxyl groups is 2. The number of benzene rings is 1. The van der Waals surface area contributed by atoms with E-state index in [1.807, 2.05) is 49.8 Å². The molecule has 0 bridgehead atoms. The molecule has 2 aliphatic rings. The number of fused-ring (bicyclic) bond motifs is 1. The zero-order valence-electron chi connectivity index (χ0n) is 22.3. The molecule has 1 aromatic carbocycles. The summed E-state index contributed by atoms with van der Waals surface area (Å²) in [6, 6.07) is 11.7. The first-order valence-electron chi connectivity index (χ1n) is 13.2. The smallest absolute Gasteiger partial charge is 0.226 e. The van der Waals surface area contributed by atoms with Crippen LogP contribution < -0.4 is 10.6 Å². The number of imidazole rings is 1. The zero-order valence-corrected chi connectivity index (χ0v) is 22.3. The van der Waals surface area contributed by atoms with Crippen molar-refractivity contribution in [2.75, 3.05) is 30.8 Å². The summed E-state index contributed by atoms with van der Waals surface area (Å²) in [4.78, 5) is 18.2. The second-order valence-electron chi connectivity index (χ2n) is 10.1. The van der Waals surface area contributed by atoms with E-state index in [-0.39, 0.29) is 0 Å². The minimum Gasteiger partial charge on any atom is -0.387 e. The molecule has 4 aromatic rings. The number of likely N-dealkylation sites (N-methyl/N-ethyl adjacent to an activating group) is 1. The van der Waals surface area contributed by atoms with E-state index < -0.39 is 24.5 Å². The van der Waals surface area contributed by atoms with E-state index >= 15 is 0 Å². The van der Waals surface area contributed by atoms with Gasteiger partial charge in [-0.25, -0.2) is 9.98 Å². The average molecular weight is 547 g/mol. The van der Waals surface area contributed by atoms with Crippen LogP contribution in [0.4, 0.5) is 11.8 Å². The normalized spacial score (nSPS) is 25.7. The molecule has 3 aromatic heterocycles. The van der Waals surface area contributed by atoms with Crippen LogP contribution >= 0.6 is 0 Å². The van der Waals surface area contributed by atoms with Crippen molar-refractivity contribution >= 4 is 29.3 Å². The molecule has 208 valence electrons. The molecule has 13 heteroatoms. The van der Waals surface area contributed by atoms with Crippen molar-refractivity contribution in [1.29, 1.82) is 0 Å². The van der Waals surface area contributed by atoms with Crippen molar-refractivity contribution in [3.8, 4) is 0 Å². The Hall–Kier alpha value is -4.17. The summed E-state index contributed by atoms with van der Waals surface area (Å²) >= 11 is 0. The second-order valence-corrected chi connectivity index (χ2v) is 10.1. The molecule has 13 nitrogen and oxygen atoms in total. The Kier molecular flexibility index (Phi) is 7.02. The average Bonchev–Trinajstić information content (AvgIpc) is 3.76. The van der Waals surface area contributed by atoms with Gasteiger partial charge in [0.25, 0.3) is 0 Å². The fraction of sp³-hybridized carbons (Fsp3) is 0.370. The molecule has 0 spiro atoms. The lowest BCUT2D eigenvalue weighted by Gasteiger charge is -2.21. The molecular formula is C27H32N9O4+. The summed E-state index contributed by atoms with van der Waals surface area (Å²) in [6.45, 7) is 3.81. The van der Waals surface area contributed by atoms with Crippen molar-refractivity contribution in [3.05, 3.63) is 72.1 Å². The fourth-order valence-electron chi connectivity index (χ4n) is 4.80. The van der Waals surface area contributed by atoms with Crippen LogP contribution in [0.25, 0.3) is 11.2 Å². The molecule has 0 amide bonds. The van der Waals surface area contributed by atoms with Crippen LogP contribution in [0.1, 0.15) is 36.3 Å². The van der Waals surface area contributed by atoms with Gasteiger partial charge in [0.2, 0.25) is 5.95 Å². The lowest BCUT2D eigenvalue weighted by atomic mass is 10.1. The Morgan fingerprint density at radius 2 is 1.95 bits per heavy atom. The van der Waals surface area contributed by atoms with E-state index in [1.165, 1.54) is 6.33 Å². The van der Waals surface area contributed by atoms with Crippen molar-refractivity contribution in [1.82, 2.24) is 24.7 Å². The van der Waals surface area contributed by atoms with E-state index in [2.05, 4.69) is 32.8 Å². The van der Waals surface area contributed by atoms with Gasteiger partial charge in [0.05, 0.1) is 31.8 Å². The van der Waals surface area contributed by atoms with Gasteiger partial charge in [0.15, 0.2) is 35.3 Å². The van der Waals surface area contributed by atoms with Crippen LogP contribution in [-0.2, 0) is 17.7 Å². The number of ether oxygens (including phenoxy) is 1. The van der Waals surface area contributed by atoms with E-state index in [4.69, 9.17) is 19.2 Å². The number of aliphatic hydroxyl groups excluding tert-OH is 2. The highest BCUT2D eigenvalue weighted by Gasteiger charge is 2.47. The largest absolute Gasteiger partial charge is 0.387 e. The summed E-state index contributed by atoms with van der Waals surface area (Å²) < 4.78 is 13.7. The Bertz CT molecular complexity index is 1520. The number of nitrogens with zero attached hydrogens (tertiary/aromatic N) is 7. The zero-order chi connectivity index (χ0) is 27.7. The molecule has 40 heavy (non-hydrogen) atoms. The van der Waals surface area contributed by atoms with Crippen LogP contribution in [-0.4, -0.2) is 78.1 Å². The van der Waals surface area contributed by atoms with Crippen LogP contribution in [0, 0.1) is 0 Å². The second kappa shape index (κ2) is 10.8. The first-order chi connectivity index (χ1) is 19.4. The number of rotatable bonds is 10. The van der Waals surface area contributed by atoms with Gasteiger partial charge in [-0.1, -0.05) is 42.4 Å². The van der Waals surface area contributed by atoms with Crippen molar-refractivity contribution < 1.29 is 24.0 Å². The van der Waals surface area contributed by atoms with E-state index in [0.717, 1.165) is 17.8 Å². The van der Waals surface area contributed by atoms with Gasteiger partial charge in [-0.2, -0.15) is 9.97 Å².